The van der Waals surface area contributed by atoms with E-state index in [1.54, 1.807) is 0 Å². The van der Waals surface area contributed by atoms with Gasteiger partial charge in [-0.1, -0.05) is 0 Å². The number of hydrogen-bond acceptors (Lipinski definition) is 2. The molecule has 0 aliphatic carbocycles. The van der Waals surface area contributed by atoms with Crippen LogP contribution >= 0.6 is 0 Å². The van der Waals surface area contributed by atoms with Crippen molar-refractivity contribution in [3.63, 3.8) is 0 Å². The van der Waals surface area contributed by atoms with Crippen molar-refractivity contribution in [1.82, 2.24) is 4.90 Å². The maximum absolute atomic E-state index is 5.68. The van der Waals surface area contributed by atoms with Crippen LogP contribution in [-0.4, -0.2) is 39.5 Å². The van der Waals surface area contributed by atoms with Gasteiger partial charge in [0, 0.05) is 26.2 Å². The summed E-state index contributed by atoms with van der Waals surface area (Å²) < 4.78 is 5.68. The molecule has 0 radical (unpaired) electrons. The highest BCUT2D eigenvalue weighted by Gasteiger charge is 2.18. The molecule has 0 aromatic heterocycles. The zero-order valence-corrected chi connectivity index (χ0v) is 8.18. The Hall–Kier alpha value is 0.137. The molecule has 2 nitrogen and oxygen atoms in total. The monoisotopic (exact) mass is 159 g/mol. The van der Waals surface area contributed by atoms with E-state index >= 15 is 0 Å². The largest absolute Gasteiger partial charge is 0.416 e. The minimum absolute atomic E-state index is 0.940. The Labute approximate surface area is 64.3 Å². The normalized spacial score (nSPS) is 19.5. The second-order valence-corrected chi connectivity index (χ2v) is 8.32. The van der Waals surface area contributed by atoms with Crippen molar-refractivity contribution in [2.75, 3.05) is 26.2 Å². The van der Waals surface area contributed by atoms with Gasteiger partial charge in [0.25, 0.3) is 0 Å². The summed E-state index contributed by atoms with van der Waals surface area (Å²) in [4.78, 5) is 2.39. The first-order chi connectivity index (χ1) is 4.58. The molecule has 1 saturated heterocycles. The summed E-state index contributed by atoms with van der Waals surface area (Å²) in [5.41, 5.74) is 0. The van der Waals surface area contributed by atoms with Gasteiger partial charge < -0.3 is 4.43 Å². The van der Waals surface area contributed by atoms with E-state index in [9.17, 15) is 0 Å². The molecule has 0 atom stereocenters. The third-order valence-electron chi connectivity index (χ3n) is 1.48. The van der Waals surface area contributed by atoms with E-state index in [-0.39, 0.29) is 0 Å². The third-order valence-corrected chi connectivity index (χ3v) is 2.55. The van der Waals surface area contributed by atoms with E-state index in [1.165, 1.54) is 13.1 Å². The molecule has 60 valence electrons. The topological polar surface area (TPSA) is 12.2 Å². The highest BCUT2D eigenvalue weighted by atomic mass is 28.4. The predicted molar refractivity (Wildman–Crippen MR) is 45.7 cm³/mol. The Balaban J connectivity index is 1.93. The first-order valence-corrected chi connectivity index (χ1v) is 7.35. The maximum Gasteiger partial charge on any atom is 0.183 e. The molecular formula is C7H17NOSi. The fourth-order valence-electron chi connectivity index (χ4n) is 0.775. The van der Waals surface area contributed by atoms with E-state index in [4.69, 9.17) is 4.43 Å². The first-order valence-electron chi connectivity index (χ1n) is 3.94. The summed E-state index contributed by atoms with van der Waals surface area (Å²) in [5.74, 6) is 0. The lowest BCUT2D eigenvalue weighted by atomic mass is 10.7. The number of hydrogen-bond donors (Lipinski definition) is 0. The molecule has 0 amide bonds. The summed E-state index contributed by atoms with van der Waals surface area (Å²) >= 11 is 0. The highest BCUT2D eigenvalue weighted by molar-refractivity contribution is 6.69. The molecular weight excluding hydrogens is 142 g/mol. The number of nitrogens with zero attached hydrogens (tertiary/aromatic N) is 1. The smallest absolute Gasteiger partial charge is 0.183 e. The van der Waals surface area contributed by atoms with Crippen LogP contribution in [-0.2, 0) is 4.43 Å². The molecule has 1 heterocycles. The van der Waals surface area contributed by atoms with Crippen molar-refractivity contribution in [2.24, 2.45) is 0 Å². The van der Waals surface area contributed by atoms with Gasteiger partial charge in [0.15, 0.2) is 8.32 Å². The van der Waals surface area contributed by atoms with Crippen LogP contribution in [0, 0.1) is 0 Å². The molecule has 10 heavy (non-hydrogen) atoms. The summed E-state index contributed by atoms with van der Waals surface area (Å²) in [6, 6.07) is 0. The van der Waals surface area contributed by atoms with E-state index in [2.05, 4.69) is 24.5 Å². The molecule has 0 N–H and O–H groups in total. The van der Waals surface area contributed by atoms with Crippen LogP contribution in [0.1, 0.15) is 0 Å². The molecule has 0 unspecified atom stereocenters. The third kappa shape index (κ3) is 4.03. The quantitative estimate of drug-likeness (QED) is 0.451. The van der Waals surface area contributed by atoms with Gasteiger partial charge >= 0.3 is 0 Å². The van der Waals surface area contributed by atoms with Crippen molar-refractivity contribution in [3.05, 3.63) is 0 Å². The van der Waals surface area contributed by atoms with Gasteiger partial charge in [-0.2, -0.15) is 0 Å². The standard InChI is InChI=1S/C7H17NOSi/c1-10(2,3)9-7-6-8-4-5-8/h4-7H2,1-3H3. The molecule has 1 rings (SSSR count). The first kappa shape index (κ1) is 8.24. The van der Waals surface area contributed by atoms with Crippen molar-refractivity contribution in [1.29, 1.82) is 0 Å². The van der Waals surface area contributed by atoms with Crippen molar-refractivity contribution in [3.8, 4) is 0 Å². The van der Waals surface area contributed by atoms with Crippen molar-refractivity contribution >= 4 is 8.32 Å². The zero-order valence-electron chi connectivity index (χ0n) is 7.18. The summed E-state index contributed by atoms with van der Waals surface area (Å²) in [6.07, 6.45) is 0. The van der Waals surface area contributed by atoms with Crippen LogP contribution < -0.4 is 0 Å². The molecule has 0 bridgehead atoms. The molecule has 1 aliphatic rings. The van der Waals surface area contributed by atoms with Gasteiger partial charge in [-0.3, -0.25) is 4.90 Å². The van der Waals surface area contributed by atoms with E-state index in [0.717, 1.165) is 13.2 Å². The number of rotatable bonds is 4. The SMILES string of the molecule is C[Si](C)(C)OCCN1CC1. The summed E-state index contributed by atoms with van der Waals surface area (Å²) in [5, 5.41) is 0. The highest BCUT2D eigenvalue weighted by Crippen LogP contribution is 2.05. The predicted octanol–water partition coefficient (Wildman–Crippen LogP) is 1.15. The maximum atomic E-state index is 5.68. The average molecular weight is 159 g/mol. The van der Waals surface area contributed by atoms with Crippen LogP contribution in [0.4, 0.5) is 0 Å². The Morgan fingerprint density at radius 2 is 1.90 bits per heavy atom. The van der Waals surface area contributed by atoms with E-state index in [0.29, 0.717) is 0 Å². The summed E-state index contributed by atoms with van der Waals surface area (Å²) in [6.45, 7) is 11.4. The molecule has 0 aromatic carbocycles. The van der Waals surface area contributed by atoms with Gasteiger partial charge in [0.2, 0.25) is 0 Å². The van der Waals surface area contributed by atoms with Crippen molar-refractivity contribution in [2.45, 2.75) is 19.6 Å². The molecule has 1 fully saturated rings. The van der Waals surface area contributed by atoms with Crippen LogP contribution in [0.5, 0.6) is 0 Å². The van der Waals surface area contributed by atoms with Gasteiger partial charge in [-0.15, -0.1) is 0 Å². The second-order valence-electron chi connectivity index (χ2n) is 3.80. The average Bonchev–Trinajstić information content (AvgIpc) is 2.45. The Morgan fingerprint density at radius 3 is 2.30 bits per heavy atom. The van der Waals surface area contributed by atoms with Crippen LogP contribution in [0.3, 0.4) is 0 Å². The van der Waals surface area contributed by atoms with Crippen LogP contribution in [0.2, 0.25) is 19.6 Å². The van der Waals surface area contributed by atoms with Gasteiger partial charge in [0.05, 0.1) is 0 Å². The molecule has 0 aromatic rings. The fourth-order valence-corrected chi connectivity index (χ4v) is 1.48. The van der Waals surface area contributed by atoms with Gasteiger partial charge in [0.1, 0.15) is 0 Å². The Kier molecular flexibility index (Phi) is 2.49. The second kappa shape index (κ2) is 3.03. The van der Waals surface area contributed by atoms with E-state index in [1.807, 2.05) is 0 Å². The lowest BCUT2D eigenvalue weighted by Crippen LogP contribution is -2.28. The Bertz CT molecular complexity index is 107. The minimum Gasteiger partial charge on any atom is -0.416 e. The Morgan fingerprint density at radius 1 is 1.30 bits per heavy atom. The molecule has 0 saturated carbocycles. The lowest BCUT2D eigenvalue weighted by Gasteiger charge is -2.16. The van der Waals surface area contributed by atoms with Gasteiger partial charge in [-0.05, 0) is 19.6 Å². The minimum atomic E-state index is -1.22. The van der Waals surface area contributed by atoms with E-state index < -0.39 is 8.32 Å². The molecule has 0 spiro atoms. The fraction of sp³-hybridized carbons (Fsp3) is 1.00. The van der Waals surface area contributed by atoms with Crippen LogP contribution in [0.25, 0.3) is 0 Å². The molecule has 1 aliphatic heterocycles. The molecule has 3 heteroatoms. The van der Waals surface area contributed by atoms with Gasteiger partial charge in [-0.25, -0.2) is 0 Å². The lowest BCUT2D eigenvalue weighted by molar-refractivity contribution is 0.286. The summed E-state index contributed by atoms with van der Waals surface area (Å²) in [7, 11) is -1.22. The zero-order chi connectivity index (χ0) is 7.61. The van der Waals surface area contributed by atoms with Crippen molar-refractivity contribution < 1.29 is 4.43 Å². The van der Waals surface area contributed by atoms with Crippen LogP contribution in [0.15, 0.2) is 0 Å².